The molecule has 0 saturated heterocycles. The van der Waals surface area contributed by atoms with Gasteiger partial charge in [0.15, 0.2) is 0 Å². The lowest BCUT2D eigenvalue weighted by molar-refractivity contribution is 0.145. The van der Waals surface area contributed by atoms with Gasteiger partial charge in [-0.15, -0.1) is 11.6 Å². The van der Waals surface area contributed by atoms with Gasteiger partial charge in [-0.25, -0.2) is 8.78 Å². The molecule has 0 amide bonds. The lowest BCUT2D eigenvalue weighted by Crippen LogP contribution is -2.00. The van der Waals surface area contributed by atoms with Crippen molar-refractivity contribution in [1.82, 2.24) is 4.98 Å². The van der Waals surface area contributed by atoms with Crippen LogP contribution in [-0.2, 0) is 12.5 Å². The Morgan fingerprint density at radius 2 is 2.14 bits per heavy atom. The van der Waals surface area contributed by atoms with E-state index in [1.807, 2.05) is 0 Å². The van der Waals surface area contributed by atoms with Gasteiger partial charge in [0.1, 0.15) is 11.4 Å². The van der Waals surface area contributed by atoms with Gasteiger partial charge in [-0.2, -0.15) is 0 Å². The predicted molar refractivity (Wildman–Crippen MR) is 46.3 cm³/mol. The van der Waals surface area contributed by atoms with Gasteiger partial charge in [-0.3, -0.25) is 4.98 Å². The summed E-state index contributed by atoms with van der Waals surface area (Å²) in [6, 6.07) is 0. The summed E-state index contributed by atoms with van der Waals surface area (Å²) < 4.78 is 24.9. The summed E-state index contributed by atoms with van der Waals surface area (Å²) in [5.74, 6) is -0.841. The number of aliphatic hydroxyl groups is 1. The van der Waals surface area contributed by atoms with E-state index in [-0.39, 0.29) is 17.1 Å². The first-order valence-electron chi connectivity index (χ1n) is 3.76. The Hall–Kier alpha value is -0.940. The molecule has 78 valence electrons. The molecule has 0 aromatic carbocycles. The summed E-state index contributed by atoms with van der Waals surface area (Å²) in [5.41, 5.74) is -0.662. The molecule has 14 heavy (non-hydrogen) atoms. The van der Waals surface area contributed by atoms with E-state index >= 15 is 0 Å². The van der Waals surface area contributed by atoms with Crippen molar-refractivity contribution >= 4 is 11.6 Å². The maximum absolute atomic E-state index is 12.5. The zero-order valence-electron chi connectivity index (χ0n) is 7.04. The SMILES string of the molecule is OCc1ncc(CCl)c(C(F)F)c1O. The maximum Gasteiger partial charge on any atom is 0.267 e. The Kier molecular flexibility index (Phi) is 3.60. The number of rotatable bonds is 3. The molecule has 2 N–H and O–H groups in total. The number of hydrogen-bond donors (Lipinski definition) is 2. The van der Waals surface area contributed by atoms with Crippen LogP contribution in [0, 0.1) is 0 Å². The number of alkyl halides is 3. The fourth-order valence-corrected chi connectivity index (χ4v) is 1.27. The summed E-state index contributed by atoms with van der Waals surface area (Å²) in [7, 11) is 0. The molecule has 0 unspecified atom stereocenters. The van der Waals surface area contributed by atoms with Crippen molar-refractivity contribution in [1.29, 1.82) is 0 Å². The average Bonchev–Trinajstić information content (AvgIpc) is 2.16. The first-order valence-corrected chi connectivity index (χ1v) is 4.29. The van der Waals surface area contributed by atoms with Gasteiger partial charge in [-0.05, 0) is 5.56 Å². The van der Waals surface area contributed by atoms with E-state index in [1.54, 1.807) is 0 Å². The maximum atomic E-state index is 12.5. The molecule has 3 nitrogen and oxygen atoms in total. The monoisotopic (exact) mass is 223 g/mol. The van der Waals surface area contributed by atoms with E-state index in [1.165, 1.54) is 0 Å². The molecule has 0 aliphatic carbocycles. The van der Waals surface area contributed by atoms with Crippen LogP contribution in [0.25, 0.3) is 0 Å². The van der Waals surface area contributed by atoms with Gasteiger partial charge in [0.25, 0.3) is 6.43 Å². The molecule has 0 spiro atoms. The minimum absolute atomic E-state index is 0.0661. The standard InChI is InChI=1S/C8H8ClF2NO2/c9-1-4-2-12-5(3-13)7(14)6(4)8(10)11/h2,8,13-14H,1,3H2. The summed E-state index contributed by atoms with van der Waals surface area (Å²) in [5, 5.41) is 18.0. The van der Waals surface area contributed by atoms with Crippen molar-refractivity contribution in [2.24, 2.45) is 0 Å². The fourth-order valence-electron chi connectivity index (χ4n) is 1.06. The number of halogens is 3. The van der Waals surface area contributed by atoms with Crippen molar-refractivity contribution < 1.29 is 19.0 Å². The first kappa shape index (κ1) is 11.1. The van der Waals surface area contributed by atoms with Crippen LogP contribution >= 0.6 is 11.6 Å². The topological polar surface area (TPSA) is 53.4 Å². The van der Waals surface area contributed by atoms with Crippen LogP contribution in [0.5, 0.6) is 5.75 Å². The van der Waals surface area contributed by atoms with Crippen molar-refractivity contribution in [3.63, 3.8) is 0 Å². The highest BCUT2D eigenvalue weighted by Gasteiger charge is 2.20. The second-order valence-corrected chi connectivity index (χ2v) is 2.85. The summed E-state index contributed by atoms with van der Waals surface area (Å²) in [6.45, 7) is -0.589. The number of pyridine rings is 1. The molecule has 0 aliphatic heterocycles. The summed E-state index contributed by atoms with van der Waals surface area (Å²) in [6.07, 6.45) is -1.71. The average molecular weight is 224 g/mol. The molecule has 1 rings (SSSR count). The summed E-state index contributed by atoms with van der Waals surface area (Å²) >= 11 is 5.40. The van der Waals surface area contributed by atoms with E-state index < -0.39 is 24.3 Å². The molecule has 0 aliphatic rings. The Bertz CT molecular complexity index is 333. The summed E-state index contributed by atoms with van der Waals surface area (Å²) in [4.78, 5) is 3.59. The predicted octanol–water partition coefficient (Wildman–Crippen LogP) is 1.96. The molecule has 6 heteroatoms. The number of aromatic nitrogens is 1. The lowest BCUT2D eigenvalue weighted by Gasteiger charge is -2.10. The largest absolute Gasteiger partial charge is 0.505 e. The van der Waals surface area contributed by atoms with Crippen molar-refractivity contribution in [2.45, 2.75) is 18.9 Å². The van der Waals surface area contributed by atoms with E-state index in [9.17, 15) is 13.9 Å². The molecule has 0 atom stereocenters. The number of aliphatic hydroxyl groups excluding tert-OH is 1. The zero-order valence-corrected chi connectivity index (χ0v) is 7.80. The molecule has 0 fully saturated rings. The van der Waals surface area contributed by atoms with Crippen LogP contribution in [0.15, 0.2) is 6.20 Å². The minimum Gasteiger partial charge on any atom is -0.505 e. The molecular weight excluding hydrogens is 216 g/mol. The van der Waals surface area contributed by atoms with Crippen molar-refractivity contribution in [3.8, 4) is 5.75 Å². The number of nitrogens with zero attached hydrogens (tertiary/aromatic N) is 1. The lowest BCUT2D eigenvalue weighted by atomic mass is 10.1. The van der Waals surface area contributed by atoms with E-state index in [0.717, 1.165) is 6.20 Å². The fraction of sp³-hybridized carbons (Fsp3) is 0.375. The van der Waals surface area contributed by atoms with Crippen LogP contribution in [0.2, 0.25) is 0 Å². The molecule has 0 radical (unpaired) electrons. The molecule has 1 heterocycles. The van der Waals surface area contributed by atoms with Crippen LogP contribution in [0.3, 0.4) is 0 Å². The highest BCUT2D eigenvalue weighted by Crippen LogP contribution is 2.33. The highest BCUT2D eigenvalue weighted by atomic mass is 35.5. The molecule has 0 bridgehead atoms. The van der Waals surface area contributed by atoms with Gasteiger partial charge < -0.3 is 10.2 Å². The van der Waals surface area contributed by atoms with Gasteiger partial charge >= 0.3 is 0 Å². The van der Waals surface area contributed by atoms with Crippen LogP contribution in [0.4, 0.5) is 8.78 Å². The third kappa shape index (κ3) is 1.93. The Morgan fingerprint density at radius 3 is 2.57 bits per heavy atom. The molecule has 1 aromatic heterocycles. The molecule has 0 saturated carbocycles. The van der Waals surface area contributed by atoms with Gasteiger partial charge in [0.2, 0.25) is 0 Å². The van der Waals surface area contributed by atoms with Gasteiger partial charge in [0.05, 0.1) is 12.2 Å². The van der Waals surface area contributed by atoms with Crippen molar-refractivity contribution in [3.05, 3.63) is 23.0 Å². The van der Waals surface area contributed by atoms with E-state index in [4.69, 9.17) is 16.7 Å². The zero-order chi connectivity index (χ0) is 10.7. The number of aromatic hydroxyl groups is 1. The number of hydrogen-bond acceptors (Lipinski definition) is 3. The third-order valence-electron chi connectivity index (χ3n) is 1.76. The minimum atomic E-state index is -2.84. The molecular formula is C8H8ClF2NO2. The van der Waals surface area contributed by atoms with E-state index in [0.29, 0.717) is 0 Å². The normalized spacial score (nSPS) is 10.9. The Morgan fingerprint density at radius 1 is 1.50 bits per heavy atom. The second kappa shape index (κ2) is 4.52. The third-order valence-corrected chi connectivity index (χ3v) is 2.05. The van der Waals surface area contributed by atoms with Gasteiger partial charge in [-0.1, -0.05) is 0 Å². The quantitative estimate of drug-likeness (QED) is 0.771. The Balaban J connectivity index is 3.31. The Labute approximate surface area is 84.0 Å². The van der Waals surface area contributed by atoms with Gasteiger partial charge in [0, 0.05) is 12.1 Å². The van der Waals surface area contributed by atoms with E-state index in [2.05, 4.69) is 4.98 Å². The van der Waals surface area contributed by atoms with Crippen LogP contribution in [-0.4, -0.2) is 15.2 Å². The highest BCUT2D eigenvalue weighted by molar-refractivity contribution is 6.17. The first-order chi connectivity index (χ1) is 6.61. The smallest absolute Gasteiger partial charge is 0.267 e. The molecule has 1 aromatic rings. The second-order valence-electron chi connectivity index (χ2n) is 2.58. The van der Waals surface area contributed by atoms with Crippen molar-refractivity contribution in [2.75, 3.05) is 0 Å². The van der Waals surface area contributed by atoms with Crippen LogP contribution < -0.4 is 0 Å². The van der Waals surface area contributed by atoms with Crippen LogP contribution in [0.1, 0.15) is 23.2 Å².